The Balaban J connectivity index is 2.44. The molecule has 0 bridgehead atoms. The van der Waals surface area contributed by atoms with E-state index < -0.39 is 0 Å². The Morgan fingerprint density at radius 2 is 2.07 bits per heavy atom. The van der Waals surface area contributed by atoms with Crippen LogP contribution in [0.1, 0.15) is 24.2 Å². The number of aromatic amines is 1. The number of nitrogens with zero attached hydrogens (tertiary/aromatic N) is 1. The molecular formula is C11H12N2O. The number of H-pyrrole nitrogens is 1. The highest BCUT2D eigenvalue weighted by atomic mass is 16.1. The zero-order valence-electron chi connectivity index (χ0n) is 7.92. The first kappa shape index (κ1) is 7.85. The van der Waals surface area contributed by atoms with Crippen molar-refractivity contribution in [3.05, 3.63) is 39.9 Å². The minimum absolute atomic E-state index is 0.0851. The minimum atomic E-state index is 0.0851. The Morgan fingerprint density at radius 1 is 1.21 bits per heavy atom. The van der Waals surface area contributed by atoms with Crippen molar-refractivity contribution in [2.75, 3.05) is 0 Å². The van der Waals surface area contributed by atoms with Crippen LogP contribution in [0.5, 0.6) is 0 Å². The highest BCUT2D eigenvalue weighted by molar-refractivity contribution is 5.43. The molecule has 0 saturated heterocycles. The van der Waals surface area contributed by atoms with E-state index in [1.54, 1.807) is 12.1 Å². The van der Waals surface area contributed by atoms with Crippen molar-refractivity contribution in [2.45, 2.75) is 25.7 Å². The number of pyridine rings is 1. The Morgan fingerprint density at radius 3 is 3.00 bits per heavy atom. The first-order valence-electron chi connectivity index (χ1n) is 5.08. The number of imidazole rings is 1. The van der Waals surface area contributed by atoms with E-state index in [1.807, 2.05) is 10.5 Å². The Bertz CT molecular complexity index is 536. The van der Waals surface area contributed by atoms with Gasteiger partial charge in [-0.2, -0.15) is 0 Å². The molecule has 2 aromatic rings. The Hall–Kier alpha value is -1.51. The number of aryl methyl sites for hydroxylation is 2. The molecule has 3 heteroatoms. The van der Waals surface area contributed by atoms with E-state index in [-0.39, 0.29) is 5.56 Å². The van der Waals surface area contributed by atoms with E-state index in [0.717, 1.165) is 18.5 Å². The number of hydrogen-bond donors (Lipinski definition) is 1. The van der Waals surface area contributed by atoms with Crippen LogP contribution in [0.3, 0.4) is 0 Å². The van der Waals surface area contributed by atoms with Crippen LogP contribution in [0.15, 0.2) is 23.0 Å². The number of hydrogen-bond acceptors (Lipinski definition) is 1. The molecule has 3 nitrogen and oxygen atoms in total. The summed E-state index contributed by atoms with van der Waals surface area (Å²) in [5.41, 5.74) is 3.46. The van der Waals surface area contributed by atoms with Crippen molar-refractivity contribution in [1.82, 2.24) is 9.38 Å². The van der Waals surface area contributed by atoms with Gasteiger partial charge < -0.3 is 4.98 Å². The first-order valence-corrected chi connectivity index (χ1v) is 5.08. The van der Waals surface area contributed by atoms with Gasteiger partial charge in [-0.1, -0.05) is 6.07 Å². The average molecular weight is 188 g/mol. The lowest BCUT2D eigenvalue weighted by Gasteiger charge is -2.09. The van der Waals surface area contributed by atoms with Crippen molar-refractivity contribution in [3.63, 3.8) is 0 Å². The number of nitrogens with one attached hydrogen (secondary N) is 1. The van der Waals surface area contributed by atoms with Gasteiger partial charge in [0.15, 0.2) is 0 Å². The second-order valence-corrected chi connectivity index (χ2v) is 3.84. The molecule has 1 N–H and O–H groups in total. The maximum atomic E-state index is 11.7. The maximum absolute atomic E-state index is 11.7. The first-order chi connectivity index (χ1) is 6.86. The van der Waals surface area contributed by atoms with Gasteiger partial charge >= 0.3 is 0 Å². The normalized spacial score (nSPS) is 15.7. The zero-order chi connectivity index (χ0) is 9.54. The third kappa shape index (κ3) is 0.953. The lowest BCUT2D eigenvalue weighted by atomic mass is 10.0. The predicted octanol–water partition coefficient (Wildman–Crippen LogP) is 1.51. The molecular weight excluding hydrogens is 176 g/mol. The van der Waals surface area contributed by atoms with E-state index in [2.05, 4.69) is 4.98 Å². The number of aromatic nitrogens is 2. The summed E-state index contributed by atoms with van der Waals surface area (Å²) < 4.78 is 1.81. The largest absolute Gasteiger partial charge is 0.343 e. The molecule has 0 aliphatic heterocycles. The molecule has 0 aromatic carbocycles. The van der Waals surface area contributed by atoms with Crippen molar-refractivity contribution >= 4 is 5.65 Å². The predicted molar refractivity (Wildman–Crippen MR) is 54.7 cm³/mol. The summed E-state index contributed by atoms with van der Waals surface area (Å²) in [6.07, 6.45) is 4.53. The number of fused-ring (bicyclic) bond motifs is 3. The van der Waals surface area contributed by atoms with Gasteiger partial charge in [-0.15, -0.1) is 0 Å². The van der Waals surface area contributed by atoms with E-state index in [1.165, 1.54) is 24.2 Å². The highest BCUT2D eigenvalue weighted by Crippen LogP contribution is 2.20. The fourth-order valence-corrected chi connectivity index (χ4v) is 2.29. The molecule has 72 valence electrons. The molecule has 1 aliphatic rings. The third-order valence-electron chi connectivity index (χ3n) is 2.94. The van der Waals surface area contributed by atoms with Crippen LogP contribution < -0.4 is 5.56 Å². The smallest absolute Gasteiger partial charge is 0.256 e. The van der Waals surface area contributed by atoms with Crippen LogP contribution in [0, 0.1) is 0 Å². The second-order valence-electron chi connectivity index (χ2n) is 3.84. The SMILES string of the molecule is O=c1cccc2[nH]c3c(n12)CCCC3. The van der Waals surface area contributed by atoms with Crippen molar-refractivity contribution in [1.29, 1.82) is 0 Å². The lowest BCUT2D eigenvalue weighted by molar-refractivity contribution is 0.658. The monoisotopic (exact) mass is 188 g/mol. The van der Waals surface area contributed by atoms with Gasteiger partial charge in [0.1, 0.15) is 5.65 Å². The molecule has 0 saturated carbocycles. The maximum Gasteiger partial charge on any atom is 0.256 e. The van der Waals surface area contributed by atoms with E-state index in [9.17, 15) is 4.79 Å². The summed E-state index contributed by atoms with van der Waals surface area (Å²) in [6.45, 7) is 0. The van der Waals surface area contributed by atoms with Crippen LogP contribution in [0.2, 0.25) is 0 Å². The minimum Gasteiger partial charge on any atom is -0.343 e. The molecule has 0 fully saturated rings. The fraction of sp³-hybridized carbons (Fsp3) is 0.364. The molecule has 2 heterocycles. The molecule has 0 atom stereocenters. The van der Waals surface area contributed by atoms with Crippen molar-refractivity contribution in [3.8, 4) is 0 Å². The summed E-state index contributed by atoms with van der Waals surface area (Å²) in [5.74, 6) is 0. The standard InChI is InChI=1S/C11H12N2O/c14-11-7-3-6-10-12-8-4-1-2-5-9(8)13(10)11/h3,6-7,12H,1-2,4-5H2. The van der Waals surface area contributed by atoms with Gasteiger partial charge in [0.05, 0.1) is 0 Å². The molecule has 0 radical (unpaired) electrons. The van der Waals surface area contributed by atoms with Crippen LogP contribution >= 0.6 is 0 Å². The van der Waals surface area contributed by atoms with Crippen LogP contribution in [0.4, 0.5) is 0 Å². The Labute approximate surface area is 81.4 Å². The molecule has 2 aromatic heterocycles. The van der Waals surface area contributed by atoms with Gasteiger partial charge in [0.2, 0.25) is 0 Å². The lowest BCUT2D eigenvalue weighted by Crippen LogP contribution is -2.14. The molecule has 3 rings (SSSR count). The zero-order valence-corrected chi connectivity index (χ0v) is 7.92. The van der Waals surface area contributed by atoms with E-state index >= 15 is 0 Å². The summed E-state index contributed by atoms with van der Waals surface area (Å²) in [6, 6.07) is 5.38. The Kier molecular flexibility index (Phi) is 1.54. The second kappa shape index (κ2) is 2.74. The van der Waals surface area contributed by atoms with Gasteiger partial charge in [-0.3, -0.25) is 9.20 Å². The average Bonchev–Trinajstić information content (AvgIpc) is 2.57. The van der Waals surface area contributed by atoms with Gasteiger partial charge in [0.25, 0.3) is 5.56 Å². The third-order valence-corrected chi connectivity index (χ3v) is 2.94. The van der Waals surface area contributed by atoms with Crippen molar-refractivity contribution < 1.29 is 0 Å². The molecule has 0 amide bonds. The van der Waals surface area contributed by atoms with Gasteiger partial charge in [0, 0.05) is 17.5 Å². The fourth-order valence-electron chi connectivity index (χ4n) is 2.29. The number of rotatable bonds is 0. The van der Waals surface area contributed by atoms with Crippen molar-refractivity contribution in [2.24, 2.45) is 0 Å². The molecule has 0 unspecified atom stereocenters. The summed E-state index contributed by atoms with van der Waals surface area (Å²) in [4.78, 5) is 15.0. The molecule has 14 heavy (non-hydrogen) atoms. The van der Waals surface area contributed by atoms with Gasteiger partial charge in [-0.05, 0) is 31.7 Å². The van der Waals surface area contributed by atoms with Crippen LogP contribution in [-0.2, 0) is 12.8 Å². The molecule has 1 aliphatic carbocycles. The summed E-state index contributed by atoms with van der Waals surface area (Å²) in [7, 11) is 0. The van der Waals surface area contributed by atoms with Gasteiger partial charge in [-0.25, -0.2) is 0 Å². The summed E-state index contributed by atoms with van der Waals surface area (Å²) >= 11 is 0. The quantitative estimate of drug-likeness (QED) is 0.668. The topological polar surface area (TPSA) is 37.3 Å². The van der Waals surface area contributed by atoms with Crippen LogP contribution in [-0.4, -0.2) is 9.38 Å². The summed E-state index contributed by atoms with van der Waals surface area (Å²) in [5, 5.41) is 0. The van der Waals surface area contributed by atoms with E-state index in [0.29, 0.717) is 0 Å². The highest BCUT2D eigenvalue weighted by Gasteiger charge is 2.15. The van der Waals surface area contributed by atoms with Crippen LogP contribution in [0.25, 0.3) is 5.65 Å². The van der Waals surface area contributed by atoms with E-state index in [4.69, 9.17) is 0 Å². The molecule has 0 spiro atoms.